The number of benzene rings is 1. The largest absolute Gasteiger partial charge is 0.493 e. The third-order valence-corrected chi connectivity index (χ3v) is 3.37. The molecule has 1 aromatic carbocycles. The highest BCUT2D eigenvalue weighted by Crippen LogP contribution is 2.30. The maximum absolute atomic E-state index is 11.8. The Hall–Kier alpha value is -2.46. The Kier molecular flexibility index (Phi) is 4.66. The molecule has 1 fully saturated rings. The van der Waals surface area contributed by atoms with Crippen molar-refractivity contribution in [2.45, 2.75) is 0 Å². The van der Waals surface area contributed by atoms with Crippen molar-refractivity contribution in [3.8, 4) is 11.5 Å². The molecule has 1 saturated heterocycles. The van der Waals surface area contributed by atoms with Crippen molar-refractivity contribution in [2.24, 2.45) is 0 Å². The van der Waals surface area contributed by atoms with E-state index in [1.165, 1.54) is 31.4 Å². The van der Waals surface area contributed by atoms with Crippen LogP contribution in [0.15, 0.2) is 23.8 Å². The minimum atomic E-state index is -3.71. The summed E-state index contributed by atoms with van der Waals surface area (Å²) in [5.74, 6) is -1.13. The molecule has 2 amide bonds. The molecule has 1 aliphatic heterocycles. The number of carbonyl (C=O) groups excluding carboxylic acids is 2. The lowest BCUT2D eigenvalue weighted by atomic mass is 10.1. The van der Waals surface area contributed by atoms with Gasteiger partial charge in [0, 0.05) is 0 Å². The SMILES string of the molecule is COc1cc(C=C2C(=O)NC(=S)NC2=O)ccc1OS(C)(=O)=O. The molecule has 0 saturated carbocycles. The minimum absolute atomic E-state index is 0.00382. The van der Waals surface area contributed by atoms with Crippen LogP contribution in [0.25, 0.3) is 6.08 Å². The van der Waals surface area contributed by atoms with Crippen molar-refractivity contribution in [3.63, 3.8) is 0 Å². The van der Waals surface area contributed by atoms with Gasteiger partial charge in [-0.15, -0.1) is 0 Å². The molecule has 2 rings (SSSR count). The number of rotatable bonds is 4. The predicted octanol–water partition coefficient (Wildman–Crippen LogP) is -0.0521. The van der Waals surface area contributed by atoms with Crippen LogP contribution in [-0.2, 0) is 19.7 Å². The molecule has 122 valence electrons. The third kappa shape index (κ3) is 4.27. The Morgan fingerprint density at radius 3 is 2.26 bits per heavy atom. The molecule has 1 heterocycles. The number of methoxy groups -OCH3 is 1. The fraction of sp³-hybridized carbons (Fsp3) is 0.154. The van der Waals surface area contributed by atoms with Crippen LogP contribution in [0.5, 0.6) is 11.5 Å². The molecule has 0 bridgehead atoms. The standard InChI is InChI=1S/C13H12N2O6S2/c1-20-10-6-7(3-4-9(10)21-23(2,18)19)5-8-11(16)14-13(22)15-12(8)17/h3-6H,1-2H3,(H2,14,15,16,17,22). The average Bonchev–Trinajstić information content (AvgIpc) is 2.42. The Balaban J connectivity index is 2.38. The van der Waals surface area contributed by atoms with E-state index in [1.54, 1.807) is 0 Å². The van der Waals surface area contributed by atoms with Gasteiger partial charge in [0.05, 0.1) is 13.4 Å². The maximum atomic E-state index is 11.8. The van der Waals surface area contributed by atoms with Crippen molar-refractivity contribution in [2.75, 3.05) is 13.4 Å². The van der Waals surface area contributed by atoms with Crippen LogP contribution in [0.2, 0.25) is 0 Å². The number of ether oxygens (including phenoxy) is 1. The highest BCUT2D eigenvalue weighted by atomic mass is 32.2. The van der Waals surface area contributed by atoms with Gasteiger partial charge in [0.15, 0.2) is 16.6 Å². The summed E-state index contributed by atoms with van der Waals surface area (Å²) in [6.07, 6.45) is 2.22. The first-order valence-corrected chi connectivity index (χ1v) is 8.38. The molecule has 23 heavy (non-hydrogen) atoms. The molecule has 2 N–H and O–H groups in total. The topological polar surface area (TPSA) is 111 Å². The van der Waals surface area contributed by atoms with E-state index in [2.05, 4.69) is 10.6 Å². The second-order valence-electron chi connectivity index (χ2n) is 4.49. The molecule has 0 aliphatic carbocycles. The molecule has 0 aromatic heterocycles. The molecule has 0 spiro atoms. The van der Waals surface area contributed by atoms with E-state index in [1.807, 2.05) is 0 Å². The number of carbonyl (C=O) groups is 2. The van der Waals surface area contributed by atoms with Gasteiger partial charge in [-0.2, -0.15) is 8.42 Å². The lowest BCUT2D eigenvalue weighted by Crippen LogP contribution is -2.51. The van der Waals surface area contributed by atoms with Gasteiger partial charge in [0.1, 0.15) is 5.57 Å². The van der Waals surface area contributed by atoms with Crippen LogP contribution in [-0.4, -0.2) is 38.7 Å². The quantitative estimate of drug-likeness (QED) is 0.337. The molecular weight excluding hydrogens is 344 g/mol. The zero-order chi connectivity index (χ0) is 17.2. The predicted molar refractivity (Wildman–Crippen MR) is 85.3 cm³/mol. The van der Waals surface area contributed by atoms with Gasteiger partial charge < -0.3 is 8.92 Å². The maximum Gasteiger partial charge on any atom is 0.306 e. The van der Waals surface area contributed by atoms with E-state index in [-0.39, 0.29) is 22.2 Å². The second kappa shape index (κ2) is 6.34. The Morgan fingerprint density at radius 2 is 1.74 bits per heavy atom. The van der Waals surface area contributed by atoms with Gasteiger partial charge in [0.2, 0.25) is 0 Å². The van der Waals surface area contributed by atoms with Gasteiger partial charge in [0.25, 0.3) is 11.8 Å². The molecule has 0 unspecified atom stereocenters. The normalized spacial score (nSPS) is 14.9. The average molecular weight is 356 g/mol. The molecular formula is C13H12N2O6S2. The van der Waals surface area contributed by atoms with Crippen LogP contribution in [0.1, 0.15) is 5.56 Å². The molecule has 10 heteroatoms. The zero-order valence-corrected chi connectivity index (χ0v) is 13.7. The Morgan fingerprint density at radius 1 is 1.13 bits per heavy atom. The van der Waals surface area contributed by atoms with Crippen LogP contribution < -0.4 is 19.6 Å². The third-order valence-electron chi connectivity index (χ3n) is 2.68. The van der Waals surface area contributed by atoms with Crippen molar-refractivity contribution >= 4 is 45.3 Å². The van der Waals surface area contributed by atoms with E-state index in [9.17, 15) is 18.0 Å². The van der Waals surface area contributed by atoms with Gasteiger partial charge in [-0.3, -0.25) is 20.2 Å². The highest BCUT2D eigenvalue weighted by molar-refractivity contribution is 7.86. The Bertz CT molecular complexity index is 807. The molecule has 1 aromatic rings. The van der Waals surface area contributed by atoms with Crippen LogP contribution >= 0.6 is 12.2 Å². The summed E-state index contributed by atoms with van der Waals surface area (Å²) in [7, 11) is -2.38. The summed E-state index contributed by atoms with van der Waals surface area (Å²) in [6, 6.07) is 4.26. The number of hydrogen-bond donors (Lipinski definition) is 2. The first-order chi connectivity index (χ1) is 10.7. The second-order valence-corrected chi connectivity index (χ2v) is 6.48. The lowest BCUT2D eigenvalue weighted by Gasteiger charge is -2.16. The summed E-state index contributed by atoms with van der Waals surface area (Å²) in [4.78, 5) is 23.5. The summed E-state index contributed by atoms with van der Waals surface area (Å²) in [5, 5.41) is 4.55. The van der Waals surface area contributed by atoms with E-state index in [0.29, 0.717) is 5.56 Å². The molecule has 0 radical (unpaired) electrons. The van der Waals surface area contributed by atoms with Crippen molar-refractivity contribution in [1.29, 1.82) is 0 Å². The van der Waals surface area contributed by atoms with Crippen molar-refractivity contribution in [3.05, 3.63) is 29.3 Å². The summed E-state index contributed by atoms with van der Waals surface area (Å²) in [5.41, 5.74) is 0.299. The Labute approximate surface area is 137 Å². The minimum Gasteiger partial charge on any atom is -0.493 e. The number of hydrogen-bond acceptors (Lipinski definition) is 7. The summed E-state index contributed by atoms with van der Waals surface area (Å²) < 4.78 is 32.2. The van der Waals surface area contributed by atoms with Crippen molar-refractivity contribution in [1.82, 2.24) is 10.6 Å². The van der Waals surface area contributed by atoms with Crippen LogP contribution in [0, 0.1) is 0 Å². The van der Waals surface area contributed by atoms with Gasteiger partial charge in [-0.25, -0.2) is 0 Å². The van der Waals surface area contributed by atoms with E-state index < -0.39 is 21.9 Å². The number of nitrogens with one attached hydrogen (secondary N) is 2. The fourth-order valence-electron chi connectivity index (χ4n) is 1.78. The lowest BCUT2D eigenvalue weighted by molar-refractivity contribution is -0.123. The number of amides is 2. The number of thiocarbonyl (C=S) groups is 1. The van der Waals surface area contributed by atoms with E-state index in [0.717, 1.165) is 6.26 Å². The van der Waals surface area contributed by atoms with Gasteiger partial charge in [-0.05, 0) is 36.0 Å². The monoisotopic (exact) mass is 356 g/mol. The smallest absolute Gasteiger partial charge is 0.306 e. The van der Waals surface area contributed by atoms with Crippen molar-refractivity contribution < 1.29 is 26.9 Å². The van der Waals surface area contributed by atoms with Gasteiger partial charge in [-0.1, -0.05) is 6.07 Å². The fourth-order valence-corrected chi connectivity index (χ4v) is 2.43. The first kappa shape index (κ1) is 16.9. The first-order valence-electron chi connectivity index (χ1n) is 6.15. The molecule has 0 atom stereocenters. The van der Waals surface area contributed by atoms with E-state index in [4.69, 9.17) is 21.1 Å². The van der Waals surface area contributed by atoms with E-state index >= 15 is 0 Å². The van der Waals surface area contributed by atoms with Crippen LogP contribution in [0.4, 0.5) is 0 Å². The van der Waals surface area contributed by atoms with Gasteiger partial charge >= 0.3 is 10.1 Å². The zero-order valence-electron chi connectivity index (χ0n) is 12.1. The molecule has 1 aliphatic rings. The highest BCUT2D eigenvalue weighted by Gasteiger charge is 2.25. The van der Waals surface area contributed by atoms with Crippen LogP contribution in [0.3, 0.4) is 0 Å². The summed E-state index contributed by atoms with van der Waals surface area (Å²) >= 11 is 4.70. The molecule has 8 nitrogen and oxygen atoms in total. The summed E-state index contributed by atoms with van der Waals surface area (Å²) in [6.45, 7) is 0.